The van der Waals surface area contributed by atoms with Crippen LogP contribution in [0.3, 0.4) is 0 Å². The lowest BCUT2D eigenvalue weighted by molar-refractivity contribution is 0.317. The van der Waals surface area contributed by atoms with Crippen molar-refractivity contribution in [1.82, 2.24) is 0 Å². The van der Waals surface area contributed by atoms with Gasteiger partial charge in [-0.1, -0.05) is 19.4 Å². The predicted molar refractivity (Wildman–Crippen MR) is 102 cm³/mol. The van der Waals surface area contributed by atoms with Gasteiger partial charge in [-0.15, -0.1) is 0 Å². The molecule has 0 aromatic heterocycles. The van der Waals surface area contributed by atoms with Crippen LogP contribution in [0.15, 0.2) is 24.3 Å². The van der Waals surface area contributed by atoms with Crippen LogP contribution in [0, 0.1) is 29.2 Å². The van der Waals surface area contributed by atoms with Gasteiger partial charge in [-0.3, -0.25) is 0 Å². The first-order chi connectivity index (χ1) is 13.5. The largest absolute Gasteiger partial charge is 0.207 e. The molecule has 1 fully saturated rings. The van der Waals surface area contributed by atoms with Crippen molar-refractivity contribution in [1.29, 1.82) is 0 Å². The van der Waals surface area contributed by atoms with E-state index in [9.17, 15) is 17.6 Å². The van der Waals surface area contributed by atoms with Crippen LogP contribution < -0.4 is 0 Å². The fraction of sp³-hybridized carbons (Fsp3) is 0.500. The highest BCUT2D eigenvalue weighted by Crippen LogP contribution is 2.41. The third-order valence-electron chi connectivity index (χ3n) is 6.91. The van der Waals surface area contributed by atoms with Crippen LogP contribution in [-0.2, 0) is 12.8 Å². The lowest BCUT2D eigenvalue weighted by Crippen LogP contribution is -2.18. The maximum absolute atomic E-state index is 14.9. The first kappa shape index (κ1) is 19.5. The molecule has 0 saturated heterocycles. The molecule has 0 N–H and O–H groups in total. The number of hydrogen-bond acceptors (Lipinski definition) is 0. The highest BCUT2D eigenvalue weighted by atomic mass is 19.2. The second-order valence-corrected chi connectivity index (χ2v) is 8.46. The monoisotopic (exact) mass is 390 g/mol. The van der Waals surface area contributed by atoms with Gasteiger partial charge in [0.25, 0.3) is 0 Å². The van der Waals surface area contributed by atoms with E-state index in [-0.39, 0.29) is 23.5 Å². The molecule has 0 amide bonds. The van der Waals surface area contributed by atoms with Crippen molar-refractivity contribution < 1.29 is 17.6 Å². The van der Waals surface area contributed by atoms with Gasteiger partial charge in [0.05, 0.1) is 0 Å². The summed E-state index contributed by atoms with van der Waals surface area (Å²) in [5.74, 6) is -2.41. The van der Waals surface area contributed by atoms with Gasteiger partial charge in [-0.2, -0.15) is 0 Å². The Hall–Kier alpha value is -1.84. The molecule has 2 aromatic rings. The number of aryl methyl sites for hydroxylation is 1. The number of halogens is 4. The average molecular weight is 390 g/mol. The fourth-order valence-corrected chi connectivity index (χ4v) is 5.15. The third kappa shape index (κ3) is 3.58. The van der Waals surface area contributed by atoms with Crippen LogP contribution >= 0.6 is 0 Å². The highest BCUT2D eigenvalue weighted by molar-refractivity contribution is 5.38. The van der Waals surface area contributed by atoms with E-state index in [4.69, 9.17) is 0 Å². The minimum atomic E-state index is -0.904. The Balaban J connectivity index is 1.58. The highest BCUT2D eigenvalue weighted by Gasteiger charge is 2.30. The molecule has 0 aliphatic heterocycles. The summed E-state index contributed by atoms with van der Waals surface area (Å²) in [7, 11) is 0. The zero-order chi connectivity index (χ0) is 19.8. The SMILES string of the molecule is CCC1CCC(c2cc(F)c(C3CCc4ccc(F)c(F)c4C3)c(F)c2)CC1. The molecule has 1 saturated carbocycles. The molecular formula is C24H26F4. The van der Waals surface area contributed by atoms with Crippen LogP contribution in [0.25, 0.3) is 0 Å². The van der Waals surface area contributed by atoms with Gasteiger partial charge in [0, 0.05) is 5.56 Å². The van der Waals surface area contributed by atoms with Crippen molar-refractivity contribution >= 4 is 0 Å². The minimum absolute atomic E-state index is 0.0281. The van der Waals surface area contributed by atoms with Crippen molar-refractivity contribution in [2.45, 2.75) is 70.1 Å². The number of rotatable bonds is 3. The van der Waals surface area contributed by atoms with Crippen molar-refractivity contribution in [2.75, 3.05) is 0 Å². The van der Waals surface area contributed by atoms with Gasteiger partial charge in [-0.25, -0.2) is 17.6 Å². The standard InChI is InChI=1S/C24H26F4/c1-2-14-3-5-15(6-4-14)18-12-21(26)23(22(27)13-18)17-8-7-16-9-10-20(25)24(28)19(16)11-17/h9-10,12-15,17H,2-8,11H2,1H3. The van der Waals surface area contributed by atoms with Gasteiger partial charge < -0.3 is 0 Å². The first-order valence-electron chi connectivity index (χ1n) is 10.4. The summed E-state index contributed by atoms with van der Waals surface area (Å²) < 4.78 is 57.6. The van der Waals surface area contributed by atoms with Gasteiger partial charge in [0.1, 0.15) is 11.6 Å². The van der Waals surface area contributed by atoms with E-state index in [1.54, 1.807) is 6.07 Å². The van der Waals surface area contributed by atoms with Crippen LogP contribution in [0.4, 0.5) is 17.6 Å². The second kappa shape index (κ2) is 7.88. The molecule has 0 radical (unpaired) electrons. The van der Waals surface area contributed by atoms with E-state index >= 15 is 0 Å². The van der Waals surface area contributed by atoms with E-state index in [2.05, 4.69) is 6.92 Å². The molecule has 2 aliphatic carbocycles. The summed E-state index contributed by atoms with van der Waals surface area (Å²) in [6, 6.07) is 5.66. The van der Waals surface area contributed by atoms with E-state index < -0.39 is 29.2 Å². The molecule has 1 unspecified atom stereocenters. The maximum atomic E-state index is 14.9. The zero-order valence-corrected chi connectivity index (χ0v) is 16.2. The maximum Gasteiger partial charge on any atom is 0.162 e. The quantitative estimate of drug-likeness (QED) is 0.486. The minimum Gasteiger partial charge on any atom is -0.207 e. The molecule has 1 atom stereocenters. The summed E-state index contributed by atoms with van der Waals surface area (Å²) in [5, 5.41) is 0. The van der Waals surface area contributed by atoms with Crippen molar-refractivity contribution in [3.8, 4) is 0 Å². The molecule has 0 spiro atoms. The molecule has 2 aromatic carbocycles. The summed E-state index contributed by atoms with van der Waals surface area (Å²) in [6.07, 6.45) is 6.48. The summed E-state index contributed by atoms with van der Waals surface area (Å²) >= 11 is 0. The predicted octanol–water partition coefficient (Wildman–Crippen LogP) is 7.20. The van der Waals surface area contributed by atoms with Crippen molar-refractivity contribution in [2.24, 2.45) is 5.92 Å². The fourth-order valence-electron chi connectivity index (χ4n) is 5.15. The molecule has 150 valence electrons. The van der Waals surface area contributed by atoms with Crippen LogP contribution in [0.5, 0.6) is 0 Å². The number of fused-ring (bicyclic) bond motifs is 1. The van der Waals surface area contributed by atoms with Crippen molar-refractivity contribution in [3.05, 3.63) is 69.8 Å². The Morgan fingerprint density at radius 2 is 1.50 bits per heavy atom. The molecule has 2 aliphatic rings. The van der Waals surface area contributed by atoms with Gasteiger partial charge in [-0.05, 0) is 97.6 Å². The van der Waals surface area contributed by atoms with E-state index in [0.717, 1.165) is 55.2 Å². The molecule has 28 heavy (non-hydrogen) atoms. The lowest BCUT2D eigenvalue weighted by atomic mass is 9.76. The molecule has 4 rings (SSSR count). The lowest BCUT2D eigenvalue weighted by Gasteiger charge is -2.29. The van der Waals surface area contributed by atoms with E-state index in [1.165, 1.54) is 12.1 Å². The molecule has 4 heteroatoms. The molecule has 0 bridgehead atoms. The van der Waals surface area contributed by atoms with E-state index in [0.29, 0.717) is 12.8 Å². The molecule has 0 heterocycles. The Kier molecular flexibility index (Phi) is 5.48. The van der Waals surface area contributed by atoms with E-state index in [1.807, 2.05) is 0 Å². The smallest absolute Gasteiger partial charge is 0.162 e. The second-order valence-electron chi connectivity index (χ2n) is 8.46. The first-order valence-corrected chi connectivity index (χ1v) is 10.4. The van der Waals surface area contributed by atoms with Gasteiger partial charge >= 0.3 is 0 Å². The topological polar surface area (TPSA) is 0 Å². The summed E-state index contributed by atoms with van der Waals surface area (Å²) in [5.41, 5.74) is 1.76. The molecular weight excluding hydrogens is 364 g/mol. The van der Waals surface area contributed by atoms with Crippen LogP contribution in [0.2, 0.25) is 0 Å². The Labute approximate surface area is 164 Å². The Bertz CT molecular complexity index is 842. The number of benzene rings is 2. The normalized spacial score (nSPS) is 24.8. The summed E-state index contributed by atoms with van der Waals surface area (Å²) in [4.78, 5) is 0. The third-order valence-corrected chi connectivity index (χ3v) is 6.91. The average Bonchev–Trinajstić information content (AvgIpc) is 2.70. The van der Waals surface area contributed by atoms with Crippen LogP contribution in [0.1, 0.15) is 79.5 Å². The zero-order valence-electron chi connectivity index (χ0n) is 16.2. The van der Waals surface area contributed by atoms with Gasteiger partial charge in [0.2, 0.25) is 0 Å². The summed E-state index contributed by atoms with van der Waals surface area (Å²) in [6.45, 7) is 2.19. The number of hydrogen-bond donors (Lipinski definition) is 0. The Morgan fingerprint density at radius 1 is 0.821 bits per heavy atom. The molecule has 0 nitrogen and oxygen atoms in total. The van der Waals surface area contributed by atoms with Gasteiger partial charge in [0.15, 0.2) is 11.6 Å². The van der Waals surface area contributed by atoms with Crippen molar-refractivity contribution in [3.63, 3.8) is 0 Å². The van der Waals surface area contributed by atoms with Crippen LogP contribution in [-0.4, -0.2) is 0 Å². The Morgan fingerprint density at radius 3 is 2.14 bits per heavy atom.